The SMILES string of the molecule is CC(NC(=NCC(=O)N(C)C)N1CCC(COCc2ccccc2)C1)c1ccccc1. The number of ether oxygens (including phenoxy) is 1. The first-order valence-electron chi connectivity index (χ1n) is 11.0. The number of carbonyl (C=O) groups excluding carboxylic acids is 1. The van der Waals surface area contributed by atoms with Gasteiger partial charge in [-0.05, 0) is 24.5 Å². The van der Waals surface area contributed by atoms with Crippen LogP contribution in [0.15, 0.2) is 65.7 Å². The number of carbonyl (C=O) groups is 1. The quantitative estimate of drug-likeness (QED) is 0.524. The third-order valence-electron chi connectivity index (χ3n) is 5.56. The first kappa shape index (κ1) is 22.8. The molecule has 2 unspecified atom stereocenters. The molecular weight excluding hydrogens is 388 g/mol. The Morgan fingerprint density at radius 1 is 1.16 bits per heavy atom. The van der Waals surface area contributed by atoms with Crippen molar-refractivity contribution in [2.45, 2.75) is 26.0 Å². The molecule has 1 N–H and O–H groups in total. The van der Waals surface area contributed by atoms with E-state index in [0.29, 0.717) is 12.5 Å². The van der Waals surface area contributed by atoms with Crippen LogP contribution in [0.4, 0.5) is 0 Å². The van der Waals surface area contributed by atoms with Crippen LogP contribution in [0.3, 0.4) is 0 Å². The van der Waals surface area contributed by atoms with E-state index in [0.717, 1.165) is 32.1 Å². The van der Waals surface area contributed by atoms with Gasteiger partial charge >= 0.3 is 0 Å². The molecule has 1 fully saturated rings. The Hall–Kier alpha value is -2.86. The predicted octanol–water partition coefficient (Wildman–Crippen LogP) is 3.32. The van der Waals surface area contributed by atoms with E-state index in [1.807, 2.05) is 36.4 Å². The van der Waals surface area contributed by atoms with Crippen molar-refractivity contribution in [1.82, 2.24) is 15.1 Å². The van der Waals surface area contributed by atoms with Crippen molar-refractivity contribution in [2.75, 3.05) is 40.3 Å². The average molecular weight is 423 g/mol. The maximum atomic E-state index is 12.1. The van der Waals surface area contributed by atoms with Gasteiger partial charge in [0.15, 0.2) is 5.96 Å². The molecule has 1 heterocycles. The summed E-state index contributed by atoms with van der Waals surface area (Å²) in [6.45, 7) is 5.40. The van der Waals surface area contributed by atoms with Crippen molar-refractivity contribution < 1.29 is 9.53 Å². The Bertz CT molecular complexity index is 839. The van der Waals surface area contributed by atoms with Gasteiger partial charge in [-0.2, -0.15) is 0 Å². The molecule has 2 atom stereocenters. The number of nitrogens with zero attached hydrogens (tertiary/aromatic N) is 3. The number of aliphatic imine (C=N–C) groups is 1. The largest absolute Gasteiger partial charge is 0.376 e. The lowest BCUT2D eigenvalue weighted by molar-refractivity contribution is -0.127. The van der Waals surface area contributed by atoms with Gasteiger partial charge < -0.3 is 19.9 Å². The zero-order valence-electron chi connectivity index (χ0n) is 18.8. The van der Waals surface area contributed by atoms with Crippen molar-refractivity contribution in [1.29, 1.82) is 0 Å². The summed E-state index contributed by atoms with van der Waals surface area (Å²) in [7, 11) is 3.51. The minimum Gasteiger partial charge on any atom is -0.376 e. The molecule has 0 radical (unpaired) electrons. The van der Waals surface area contributed by atoms with E-state index in [1.54, 1.807) is 19.0 Å². The fourth-order valence-electron chi connectivity index (χ4n) is 3.62. The summed E-state index contributed by atoms with van der Waals surface area (Å²) in [5.41, 5.74) is 2.39. The van der Waals surface area contributed by atoms with Crippen molar-refractivity contribution >= 4 is 11.9 Å². The highest BCUT2D eigenvalue weighted by atomic mass is 16.5. The molecule has 1 saturated heterocycles. The molecule has 1 aliphatic rings. The molecule has 6 nitrogen and oxygen atoms in total. The van der Waals surface area contributed by atoms with Crippen LogP contribution in [0.5, 0.6) is 0 Å². The molecule has 2 aromatic carbocycles. The highest BCUT2D eigenvalue weighted by Gasteiger charge is 2.26. The summed E-state index contributed by atoms with van der Waals surface area (Å²) in [5, 5.41) is 3.54. The minimum atomic E-state index is -0.00592. The molecule has 166 valence electrons. The van der Waals surface area contributed by atoms with Gasteiger partial charge in [-0.1, -0.05) is 60.7 Å². The molecule has 2 aromatic rings. The van der Waals surface area contributed by atoms with Crippen LogP contribution >= 0.6 is 0 Å². The van der Waals surface area contributed by atoms with Crippen molar-refractivity contribution in [2.24, 2.45) is 10.9 Å². The fraction of sp³-hybridized carbons (Fsp3) is 0.440. The summed E-state index contributed by atoms with van der Waals surface area (Å²) < 4.78 is 5.96. The van der Waals surface area contributed by atoms with Gasteiger partial charge in [0, 0.05) is 33.1 Å². The molecular formula is C25H34N4O2. The second kappa shape index (κ2) is 11.5. The summed E-state index contributed by atoms with van der Waals surface area (Å²) in [4.78, 5) is 20.6. The molecule has 0 aromatic heterocycles. The molecule has 1 aliphatic heterocycles. The summed E-state index contributed by atoms with van der Waals surface area (Å²) in [6, 6.07) is 20.7. The zero-order chi connectivity index (χ0) is 22.1. The lowest BCUT2D eigenvalue weighted by Crippen LogP contribution is -2.42. The van der Waals surface area contributed by atoms with E-state index < -0.39 is 0 Å². The third kappa shape index (κ3) is 7.10. The number of nitrogens with one attached hydrogen (secondary N) is 1. The van der Waals surface area contributed by atoms with Crippen molar-refractivity contribution in [3.8, 4) is 0 Å². The second-order valence-electron chi connectivity index (χ2n) is 8.31. The molecule has 0 saturated carbocycles. The van der Waals surface area contributed by atoms with Gasteiger partial charge in [0.25, 0.3) is 0 Å². The Kier molecular flexibility index (Phi) is 8.47. The van der Waals surface area contributed by atoms with Gasteiger partial charge in [0.05, 0.1) is 19.3 Å². The van der Waals surface area contributed by atoms with Gasteiger partial charge in [-0.25, -0.2) is 4.99 Å². The van der Waals surface area contributed by atoms with Crippen molar-refractivity contribution in [3.63, 3.8) is 0 Å². The maximum Gasteiger partial charge on any atom is 0.243 e. The molecule has 31 heavy (non-hydrogen) atoms. The smallest absolute Gasteiger partial charge is 0.243 e. The van der Waals surface area contributed by atoms with Crippen molar-refractivity contribution in [3.05, 3.63) is 71.8 Å². The van der Waals surface area contributed by atoms with Crippen LogP contribution in [0.25, 0.3) is 0 Å². The topological polar surface area (TPSA) is 57.2 Å². The highest BCUT2D eigenvalue weighted by molar-refractivity contribution is 5.85. The first-order valence-corrected chi connectivity index (χ1v) is 11.0. The van der Waals surface area contributed by atoms with Crippen LogP contribution in [0, 0.1) is 5.92 Å². The van der Waals surface area contributed by atoms with Gasteiger partial charge in [0.2, 0.25) is 5.91 Å². The molecule has 0 bridgehead atoms. The van der Waals surface area contributed by atoms with E-state index in [1.165, 1.54) is 11.1 Å². The number of guanidine groups is 1. The van der Waals surface area contributed by atoms with Gasteiger partial charge in [-0.15, -0.1) is 0 Å². The van der Waals surface area contributed by atoms with Crippen LogP contribution in [-0.4, -0.2) is 62.0 Å². The molecule has 3 rings (SSSR count). The van der Waals surface area contributed by atoms with E-state index in [9.17, 15) is 4.79 Å². The number of amides is 1. The Balaban J connectivity index is 1.59. The highest BCUT2D eigenvalue weighted by Crippen LogP contribution is 2.19. The average Bonchev–Trinajstić information content (AvgIpc) is 3.26. The van der Waals surface area contributed by atoms with Crippen LogP contribution in [-0.2, 0) is 16.1 Å². The van der Waals surface area contributed by atoms with Gasteiger partial charge in [-0.3, -0.25) is 4.79 Å². The maximum absolute atomic E-state index is 12.1. The van der Waals surface area contributed by atoms with Crippen LogP contribution < -0.4 is 5.32 Å². The van der Waals surface area contributed by atoms with E-state index in [2.05, 4.69) is 46.4 Å². The monoisotopic (exact) mass is 422 g/mol. The van der Waals surface area contributed by atoms with Crippen LogP contribution in [0.1, 0.15) is 30.5 Å². The number of likely N-dealkylation sites (N-methyl/N-ethyl adjacent to an activating group) is 1. The fourth-order valence-corrected chi connectivity index (χ4v) is 3.62. The molecule has 6 heteroatoms. The predicted molar refractivity (Wildman–Crippen MR) is 125 cm³/mol. The molecule has 1 amide bonds. The standard InChI is InChI=1S/C25H34N4O2/c1-20(23-12-8-5-9-13-23)27-25(26-16-24(30)28(2)3)29-15-14-22(17-29)19-31-18-21-10-6-4-7-11-21/h4-13,20,22H,14-19H2,1-3H3,(H,26,27). The summed E-state index contributed by atoms with van der Waals surface area (Å²) in [5.74, 6) is 1.23. The Morgan fingerprint density at radius 2 is 1.84 bits per heavy atom. The first-order chi connectivity index (χ1) is 15.0. The number of benzene rings is 2. The summed E-state index contributed by atoms with van der Waals surface area (Å²) in [6.07, 6.45) is 1.05. The normalized spacial score (nSPS) is 17.5. The molecule has 0 spiro atoms. The zero-order valence-corrected chi connectivity index (χ0v) is 18.8. The lowest BCUT2D eigenvalue weighted by atomic mass is 10.1. The lowest BCUT2D eigenvalue weighted by Gasteiger charge is -2.26. The van der Waals surface area contributed by atoms with E-state index >= 15 is 0 Å². The number of hydrogen-bond acceptors (Lipinski definition) is 3. The third-order valence-corrected chi connectivity index (χ3v) is 5.56. The number of rotatable bonds is 8. The number of likely N-dealkylation sites (tertiary alicyclic amines) is 1. The number of hydrogen-bond donors (Lipinski definition) is 1. The summed E-state index contributed by atoms with van der Waals surface area (Å²) >= 11 is 0. The Labute approximate surface area is 185 Å². The van der Waals surface area contributed by atoms with E-state index in [4.69, 9.17) is 4.74 Å². The molecule has 0 aliphatic carbocycles. The van der Waals surface area contributed by atoms with Crippen LogP contribution in [0.2, 0.25) is 0 Å². The minimum absolute atomic E-state index is 0.00592. The van der Waals surface area contributed by atoms with E-state index in [-0.39, 0.29) is 18.5 Å². The van der Waals surface area contributed by atoms with Gasteiger partial charge in [0.1, 0.15) is 6.54 Å². The Morgan fingerprint density at radius 3 is 2.52 bits per heavy atom. The second-order valence-corrected chi connectivity index (χ2v) is 8.31.